The van der Waals surface area contributed by atoms with E-state index in [2.05, 4.69) is 4.90 Å². The topological polar surface area (TPSA) is 75.8 Å². The molecule has 116 valence electrons. The van der Waals surface area contributed by atoms with Crippen molar-refractivity contribution in [3.8, 4) is 0 Å². The molecule has 1 aliphatic heterocycles. The van der Waals surface area contributed by atoms with Crippen LogP contribution in [-0.2, 0) is 4.74 Å². The van der Waals surface area contributed by atoms with E-state index in [1.165, 1.54) is 0 Å². The minimum Gasteiger partial charge on any atom is -0.462 e. The highest BCUT2D eigenvalue weighted by Crippen LogP contribution is 2.36. The molecule has 1 fully saturated rings. The van der Waals surface area contributed by atoms with Gasteiger partial charge in [-0.05, 0) is 37.8 Å². The standard InChI is InChI=1S/C15H21ClN2O3/c1-2-21-15(20)12-7-11(17)8-13(16)14(12)18-5-3-10(9-18)4-6-19/h7-8,10,19H,2-6,9,17H2,1H3. The van der Waals surface area contributed by atoms with E-state index in [1.54, 1.807) is 19.1 Å². The van der Waals surface area contributed by atoms with Crippen LogP contribution in [0.4, 0.5) is 11.4 Å². The lowest BCUT2D eigenvalue weighted by atomic mass is 10.1. The van der Waals surface area contributed by atoms with E-state index in [-0.39, 0.29) is 6.61 Å². The second-order valence-electron chi connectivity index (χ2n) is 5.23. The van der Waals surface area contributed by atoms with Crippen molar-refractivity contribution in [3.05, 3.63) is 22.7 Å². The van der Waals surface area contributed by atoms with Gasteiger partial charge in [-0.15, -0.1) is 0 Å². The van der Waals surface area contributed by atoms with E-state index >= 15 is 0 Å². The number of benzene rings is 1. The minimum absolute atomic E-state index is 0.179. The number of nitrogens with zero attached hydrogens (tertiary/aromatic N) is 1. The molecule has 1 heterocycles. The van der Waals surface area contributed by atoms with Crippen molar-refractivity contribution in [1.29, 1.82) is 0 Å². The Bertz CT molecular complexity index is 522. The summed E-state index contributed by atoms with van der Waals surface area (Å²) >= 11 is 6.30. The van der Waals surface area contributed by atoms with E-state index in [0.29, 0.717) is 34.5 Å². The van der Waals surface area contributed by atoms with Gasteiger partial charge >= 0.3 is 5.97 Å². The van der Waals surface area contributed by atoms with Crippen LogP contribution in [0.1, 0.15) is 30.1 Å². The number of nitrogen functional groups attached to an aromatic ring is 1. The van der Waals surface area contributed by atoms with E-state index in [9.17, 15) is 4.79 Å². The average molecular weight is 313 g/mol. The van der Waals surface area contributed by atoms with Gasteiger partial charge in [0.1, 0.15) is 0 Å². The summed E-state index contributed by atoms with van der Waals surface area (Å²) < 4.78 is 5.09. The van der Waals surface area contributed by atoms with Crippen molar-refractivity contribution in [1.82, 2.24) is 0 Å². The smallest absolute Gasteiger partial charge is 0.340 e. The van der Waals surface area contributed by atoms with Gasteiger partial charge in [0.25, 0.3) is 0 Å². The minimum atomic E-state index is -0.410. The molecular weight excluding hydrogens is 292 g/mol. The number of carbonyl (C=O) groups excluding carboxylic acids is 1. The highest BCUT2D eigenvalue weighted by Gasteiger charge is 2.28. The maximum atomic E-state index is 12.1. The summed E-state index contributed by atoms with van der Waals surface area (Å²) in [5.41, 5.74) is 7.33. The highest BCUT2D eigenvalue weighted by atomic mass is 35.5. The van der Waals surface area contributed by atoms with Crippen molar-refractivity contribution in [2.75, 3.05) is 36.9 Å². The molecule has 0 bridgehead atoms. The molecule has 1 aliphatic rings. The fourth-order valence-corrected chi connectivity index (χ4v) is 3.11. The molecule has 5 nitrogen and oxygen atoms in total. The lowest BCUT2D eigenvalue weighted by Crippen LogP contribution is -2.23. The van der Waals surface area contributed by atoms with Gasteiger partial charge in [-0.1, -0.05) is 11.6 Å². The van der Waals surface area contributed by atoms with Gasteiger partial charge < -0.3 is 20.5 Å². The molecule has 0 radical (unpaired) electrons. The summed E-state index contributed by atoms with van der Waals surface area (Å²) in [5, 5.41) is 9.51. The summed E-state index contributed by atoms with van der Waals surface area (Å²) in [4.78, 5) is 14.2. The van der Waals surface area contributed by atoms with Gasteiger partial charge in [-0.25, -0.2) is 4.79 Å². The van der Waals surface area contributed by atoms with E-state index in [1.807, 2.05) is 0 Å². The number of ether oxygens (including phenoxy) is 1. The normalized spacial score (nSPS) is 18.0. The van der Waals surface area contributed by atoms with Crippen LogP contribution in [0.2, 0.25) is 5.02 Å². The van der Waals surface area contributed by atoms with Crippen LogP contribution < -0.4 is 10.6 Å². The van der Waals surface area contributed by atoms with Crippen LogP contribution in [0.5, 0.6) is 0 Å². The fraction of sp³-hybridized carbons (Fsp3) is 0.533. The van der Waals surface area contributed by atoms with Crippen LogP contribution >= 0.6 is 11.6 Å². The molecule has 1 unspecified atom stereocenters. The largest absolute Gasteiger partial charge is 0.462 e. The fourth-order valence-electron chi connectivity index (χ4n) is 2.76. The van der Waals surface area contributed by atoms with Gasteiger partial charge in [0.15, 0.2) is 0 Å². The second kappa shape index (κ2) is 7.00. The molecule has 2 rings (SSSR count). The van der Waals surface area contributed by atoms with Crippen molar-refractivity contribution >= 4 is 28.9 Å². The number of aliphatic hydroxyl groups excluding tert-OH is 1. The third-order valence-electron chi connectivity index (χ3n) is 3.72. The molecule has 0 saturated carbocycles. The van der Waals surface area contributed by atoms with E-state index in [4.69, 9.17) is 27.2 Å². The molecule has 0 aliphatic carbocycles. The monoisotopic (exact) mass is 312 g/mol. The summed E-state index contributed by atoms with van der Waals surface area (Å²) in [6, 6.07) is 3.26. The van der Waals surface area contributed by atoms with Gasteiger partial charge in [0, 0.05) is 25.4 Å². The van der Waals surface area contributed by atoms with E-state index < -0.39 is 5.97 Å². The Balaban J connectivity index is 2.32. The summed E-state index contributed by atoms with van der Waals surface area (Å²) in [7, 11) is 0. The van der Waals surface area contributed by atoms with Gasteiger partial charge in [-0.2, -0.15) is 0 Å². The summed E-state index contributed by atoms with van der Waals surface area (Å²) in [5.74, 6) is 0.00553. The first kappa shape index (κ1) is 15.9. The lowest BCUT2D eigenvalue weighted by Gasteiger charge is -2.23. The van der Waals surface area contributed by atoms with Crippen LogP contribution in [0.25, 0.3) is 0 Å². The Morgan fingerprint density at radius 1 is 1.57 bits per heavy atom. The molecule has 6 heteroatoms. The van der Waals surface area contributed by atoms with Crippen LogP contribution in [0.15, 0.2) is 12.1 Å². The molecule has 1 aromatic carbocycles. The molecule has 0 spiro atoms. The zero-order chi connectivity index (χ0) is 15.4. The molecule has 1 atom stereocenters. The zero-order valence-corrected chi connectivity index (χ0v) is 12.9. The molecule has 1 aromatic rings. The molecule has 21 heavy (non-hydrogen) atoms. The number of carbonyl (C=O) groups is 1. The number of halogens is 1. The number of aliphatic hydroxyl groups is 1. The quantitative estimate of drug-likeness (QED) is 0.644. The molecule has 1 saturated heterocycles. The maximum Gasteiger partial charge on any atom is 0.340 e. The maximum absolute atomic E-state index is 12.1. The third-order valence-corrected chi connectivity index (χ3v) is 4.01. The first-order chi connectivity index (χ1) is 10.1. The average Bonchev–Trinajstić information content (AvgIpc) is 2.86. The van der Waals surface area contributed by atoms with Crippen LogP contribution in [0, 0.1) is 5.92 Å². The van der Waals surface area contributed by atoms with Crippen molar-refractivity contribution < 1.29 is 14.6 Å². The van der Waals surface area contributed by atoms with Gasteiger partial charge in [0.2, 0.25) is 0 Å². The second-order valence-corrected chi connectivity index (χ2v) is 5.64. The van der Waals surface area contributed by atoms with E-state index in [0.717, 1.165) is 25.9 Å². The Labute approximate surface area is 129 Å². The zero-order valence-electron chi connectivity index (χ0n) is 12.1. The number of anilines is 2. The lowest BCUT2D eigenvalue weighted by molar-refractivity contribution is 0.0527. The highest BCUT2D eigenvalue weighted by molar-refractivity contribution is 6.34. The molecular formula is C15H21ClN2O3. The van der Waals surface area contributed by atoms with Crippen LogP contribution in [-0.4, -0.2) is 37.4 Å². The third kappa shape index (κ3) is 3.60. The predicted molar refractivity (Wildman–Crippen MR) is 83.8 cm³/mol. The Kier molecular flexibility index (Phi) is 5.31. The first-order valence-corrected chi connectivity index (χ1v) is 7.56. The Morgan fingerprint density at radius 2 is 2.33 bits per heavy atom. The number of hydrogen-bond donors (Lipinski definition) is 2. The Hall–Kier alpha value is -1.46. The predicted octanol–water partition coefficient (Wildman–Crippen LogP) is 2.31. The number of rotatable bonds is 5. The number of nitrogens with two attached hydrogens (primary N) is 1. The first-order valence-electron chi connectivity index (χ1n) is 7.18. The molecule has 0 aromatic heterocycles. The number of hydrogen-bond acceptors (Lipinski definition) is 5. The molecule has 3 N–H and O–H groups in total. The van der Waals surface area contributed by atoms with Gasteiger partial charge in [0.05, 0.1) is 22.9 Å². The van der Waals surface area contributed by atoms with Crippen molar-refractivity contribution in [2.45, 2.75) is 19.8 Å². The van der Waals surface area contributed by atoms with Gasteiger partial charge in [-0.3, -0.25) is 0 Å². The van der Waals surface area contributed by atoms with Crippen LogP contribution in [0.3, 0.4) is 0 Å². The number of esters is 1. The Morgan fingerprint density at radius 3 is 3.00 bits per heavy atom. The molecule has 0 amide bonds. The van der Waals surface area contributed by atoms with Crippen molar-refractivity contribution in [2.24, 2.45) is 5.92 Å². The summed E-state index contributed by atoms with van der Waals surface area (Å²) in [6.07, 6.45) is 1.74. The van der Waals surface area contributed by atoms with Crippen molar-refractivity contribution in [3.63, 3.8) is 0 Å². The summed E-state index contributed by atoms with van der Waals surface area (Å²) in [6.45, 7) is 3.83. The SMILES string of the molecule is CCOC(=O)c1cc(N)cc(Cl)c1N1CCC(CCO)C1.